The number of ether oxygens (including phenoxy) is 2. The van der Waals surface area contributed by atoms with Crippen LogP contribution in [-0.4, -0.2) is 42.3 Å². The lowest BCUT2D eigenvalue weighted by Crippen LogP contribution is -2.55. The molecule has 2 bridgehead atoms. The number of amides is 2. The monoisotopic (exact) mass is 524 g/mol. The fraction of sp³-hybridized carbons (Fsp3) is 0.394. The van der Waals surface area contributed by atoms with Gasteiger partial charge in [-0.1, -0.05) is 78.9 Å². The highest BCUT2D eigenvalue weighted by Gasteiger charge is 2.41. The Morgan fingerprint density at radius 1 is 0.795 bits per heavy atom. The van der Waals surface area contributed by atoms with Crippen LogP contribution in [0.2, 0.25) is 0 Å². The summed E-state index contributed by atoms with van der Waals surface area (Å²) in [7, 11) is 0. The predicted molar refractivity (Wildman–Crippen MR) is 150 cm³/mol. The molecule has 0 radical (unpaired) electrons. The zero-order valence-corrected chi connectivity index (χ0v) is 22.3. The minimum atomic E-state index is -0.362. The van der Waals surface area contributed by atoms with Gasteiger partial charge < -0.3 is 19.7 Å². The molecule has 1 N–H and O–H groups in total. The van der Waals surface area contributed by atoms with Crippen LogP contribution in [0.1, 0.15) is 61.1 Å². The van der Waals surface area contributed by atoms with Gasteiger partial charge in [-0.15, -0.1) is 0 Å². The minimum absolute atomic E-state index is 0.0634. The maximum Gasteiger partial charge on any atom is 0.410 e. The van der Waals surface area contributed by atoms with E-state index in [1.807, 2.05) is 47.4 Å². The Labute approximate surface area is 230 Å². The van der Waals surface area contributed by atoms with Gasteiger partial charge in [0.1, 0.15) is 13.2 Å². The van der Waals surface area contributed by atoms with Crippen molar-refractivity contribution in [3.63, 3.8) is 0 Å². The molecule has 3 aromatic carbocycles. The molecule has 2 saturated heterocycles. The molecule has 3 aromatic rings. The van der Waals surface area contributed by atoms with E-state index in [0.717, 1.165) is 44.1 Å². The Hall–Kier alpha value is -3.80. The zero-order valence-electron chi connectivity index (χ0n) is 22.3. The third-order valence-electron chi connectivity index (χ3n) is 8.65. The molecule has 0 spiro atoms. The number of hydrogen-bond acceptors (Lipinski definition) is 4. The van der Waals surface area contributed by atoms with Gasteiger partial charge in [-0.25, -0.2) is 9.59 Å². The minimum Gasteiger partial charge on any atom is -0.449 e. The van der Waals surface area contributed by atoms with Crippen molar-refractivity contribution in [2.75, 3.05) is 13.2 Å². The lowest BCUT2D eigenvalue weighted by atomic mass is 9.77. The molecule has 1 aliphatic carbocycles. The van der Waals surface area contributed by atoms with E-state index in [9.17, 15) is 9.59 Å². The van der Waals surface area contributed by atoms with Gasteiger partial charge in [0, 0.05) is 24.5 Å². The second kappa shape index (κ2) is 11.5. The Bertz CT molecular complexity index is 1250. The summed E-state index contributed by atoms with van der Waals surface area (Å²) < 4.78 is 11.4. The molecule has 2 atom stereocenters. The largest absolute Gasteiger partial charge is 0.449 e. The molecule has 6 heteroatoms. The van der Waals surface area contributed by atoms with Gasteiger partial charge in [-0.05, 0) is 72.3 Å². The molecule has 39 heavy (non-hydrogen) atoms. The maximum absolute atomic E-state index is 13.0. The van der Waals surface area contributed by atoms with E-state index < -0.39 is 0 Å². The average Bonchev–Trinajstić information content (AvgIpc) is 3.28. The number of nitrogens with zero attached hydrogens (tertiary/aromatic N) is 1. The highest BCUT2D eigenvalue weighted by atomic mass is 16.6. The smallest absolute Gasteiger partial charge is 0.410 e. The van der Waals surface area contributed by atoms with Crippen LogP contribution in [0, 0.1) is 5.92 Å². The molecular formula is C33H36N2O4. The first-order valence-corrected chi connectivity index (χ1v) is 14.2. The number of carbonyl (C=O) groups excluding carboxylic acids is 2. The second-order valence-corrected chi connectivity index (χ2v) is 11.1. The van der Waals surface area contributed by atoms with Crippen molar-refractivity contribution in [1.82, 2.24) is 10.2 Å². The molecular weight excluding hydrogens is 488 g/mol. The molecule has 0 aromatic heterocycles. The normalized spacial score (nSPS) is 21.5. The van der Waals surface area contributed by atoms with Crippen LogP contribution in [0.25, 0.3) is 11.1 Å². The van der Waals surface area contributed by atoms with Crippen LogP contribution in [0.15, 0.2) is 78.9 Å². The van der Waals surface area contributed by atoms with Gasteiger partial charge >= 0.3 is 12.2 Å². The first kappa shape index (κ1) is 25.5. The standard InChI is InChI=1S/C33H36N2O4/c36-32(38-22-31-29-15-6-4-13-27(29)28-14-5-7-16-30(28)31)34-18-17-24-19-25-11-8-12-26(20-24)35(25)33(37)39-21-23-9-2-1-3-10-23/h1-7,9-10,13-16,24-26,31H,8,11-12,17-22H2,(H,34,36). The quantitative estimate of drug-likeness (QED) is 0.366. The van der Waals surface area contributed by atoms with Crippen LogP contribution >= 0.6 is 0 Å². The number of rotatable bonds is 7. The van der Waals surface area contributed by atoms with Crippen LogP contribution in [0.5, 0.6) is 0 Å². The molecule has 202 valence electrons. The first-order chi connectivity index (χ1) is 19.2. The van der Waals surface area contributed by atoms with E-state index >= 15 is 0 Å². The van der Waals surface area contributed by atoms with Crippen molar-refractivity contribution in [2.24, 2.45) is 5.92 Å². The predicted octanol–water partition coefficient (Wildman–Crippen LogP) is 6.89. The molecule has 2 fully saturated rings. The second-order valence-electron chi connectivity index (χ2n) is 11.1. The van der Waals surface area contributed by atoms with Crippen molar-refractivity contribution < 1.29 is 19.1 Å². The van der Waals surface area contributed by atoms with Gasteiger partial charge in [-0.2, -0.15) is 0 Å². The summed E-state index contributed by atoms with van der Waals surface area (Å²) in [5.74, 6) is 0.542. The number of nitrogens with one attached hydrogen (secondary N) is 1. The van der Waals surface area contributed by atoms with Gasteiger partial charge in [-0.3, -0.25) is 0 Å². The number of benzene rings is 3. The lowest BCUT2D eigenvalue weighted by molar-refractivity contribution is 0.00203. The summed E-state index contributed by atoms with van der Waals surface area (Å²) in [6.07, 6.45) is 5.46. The van der Waals surface area contributed by atoms with E-state index in [1.165, 1.54) is 22.3 Å². The number of fused-ring (bicyclic) bond motifs is 5. The molecule has 2 heterocycles. The Balaban J connectivity index is 0.968. The highest BCUT2D eigenvalue weighted by molar-refractivity contribution is 5.79. The highest BCUT2D eigenvalue weighted by Crippen LogP contribution is 2.44. The number of alkyl carbamates (subject to hydrolysis) is 1. The van der Waals surface area contributed by atoms with Crippen LogP contribution < -0.4 is 5.32 Å². The lowest BCUT2D eigenvalue weighted by Gasteiger charge is -2.48. The Morgan fingerprint density at radius 3 is 2.08 bits per heavy atom. The van der Waals surface area contributed by atoms with E-state index in [4.69, 9.17) is 9.47 Å². The van der Waals surface area contributed by atoms with Gasteiger partial charge in [0.05, 0.1) is 0 Å². The molecule has 3 aliphatic rings. The summed E-state index contributed by atoms with van der Waals surface area (Å²) in [6, 6.07) is 27.0. The van der Waals surface area contributed by atoms with Crippen molar-refractivity contribution in [2.45, 2.75) is 63.1 Å². The summed E-state index contributed by atoms with van der Waals surface area (Å²) in [5, 5.41) is 2.97. The first-order valence-electron chi connectivity index (χ1n) is 14.2. The summed E-state index contributed by atoms with van der Waals surface area (Å²) >= 11 is 0. The van der Waals surface area contributed by atoms with Crippen molar-refractivity contribution in [1.29, 1.82) is 0 Å². The van der Waals surface area contributed by atoms with E-state index in [2.05, 4.69) is 41.7 Å². The number of piperidine rings is 2. The molecule has 2 unspecified atom stereocenters. The number of hydrogen-bond donors (Lipinski definition) is 1. The zero-order chi connectivity index (χ0) is 26.6. The Morgan fingerprint density at radius 2 is 1.41 bits per heavy atom. The summed E-state index contributed by atoms with van der Waals surface area (Å²) in [5.41, 5.74) is 5.88. The van der Waals surface area contributed by atoms with Gasteiger partial charge in [0.25, 0.3) is 0 Å². The van der Waals surface area contributed by atoms with Crippen LogP contribution in [0.4, 0.5) is 9.59 Å². The van der Waals surface area contributed by atoms with Crippen molar-refractivity contribution >= 4 is 12.2 Å². The van der Waals surface area contributed by atoms with Crippen LogP contribution in [0.3, 0.4) is 0 Å². The third-order valence-corrected chi connectivity index (χ3v) is 8.65. The van der Waals surface area contributed by atoms with Crippen molar-refractivity contribution in [3.8, 4) is 11.1 Å². The third kappa shape index (κ3) is 5.51. The van der Waals surface area contributed by atoms with E-state index in [1.54, 1.807) is 0 Å². The number of carbonyl (C=O) groups is 2. The maximum atomic E-state index is 13.0. The SMILES string of the molecule is O=C(NCCC1CC2CCCC(C1)N2C(=O)OCc1ccccc1)OCC1c2ccccc2-c2ccccc21. The molecule has 2 amide bonds. The summed E-state index contributed by atoms with van der Waals surface area (Å²) in [6.45, 7) is 1.22. The molecule has 6 nitrogen and oxygen atoms in total. The molecule has 0 saturated carbocycles. The topological polar surface area (TPSA) is 67.9 Å². The van der Waals surface area contributed by atoms with Crippen molar-refractivity contribution in [3.05, 3.63) is 95.6 Å². The Kier molecular flexibility index (Phi) is 7.53. The van der Waals surface area contributed by atoms with Gasteiger partial charge in [0.15, 0.2) is 0 Å². The van der Waals surface area contributed by atoms with E-state index in [0.29, 0.717) is 25.7 Å². The fourth-order valence-corrected chi connectivity index (χ4v) is 6.85. The van der Waals surface area contributed by atoms with Crippen LogP contribution in [-0.2, 0) is 16.1 Å². The van der Waals surface area contributed by atoms with E-state index in [-0.39, 0.29) is 30.2 Å². The molecule has 2 aliphatic heterocycles. The fourth-order valence-electron chi connectivity index (χ4n) is 6.85. The average molecular weight is 525 g/mol. The summed E-state index contributed by atoms with van der Waals surface area (Å²) in [4.78, 5) is 27.6. The molecule has 6 rings (SSSR count). The van der Waals surface area contributed by atoms with Gasteiger partial charge in [0.2, 0.25) is 0 Å².